The molecule has 0 aliphatic rings. The third-order valence-corrected chi connectivity index (χ3v) is 2.12. The molecule has 1 unspecified atom stereocenters. The van der Waals surface area contributed by atoms with Gasteiger partial charge in [-0.1, -0.05) is 20.3 Å². The van der Waals surface area contributed by atoms with Crippen LogP contribution in [-0.4, -0.2) is 16.5 Å². The number of aromatic amines is 1. The Hall–Kier alpha value is -0.830. The first-order valence-electron chi connectivity index (χ1n) is 5.02. The van der Waals surface area contributed by atoms with Crippen molar-refractivity contribution in [3.8, 4) is 0 Å². The second kappa shape index (κ2) is 5.75. The van der Waals surface area contributed by atoms with Crippen LogP contribution in [0.15, 0.2) is 12.4 Å². The van der Waals surface area contributed by atoms with Crippen molar-refractivity contribution in [2.75, 3.05) is 6.54 Å². The lowest BCUT2D eigenvalue weighted by atomic mass is 10.1. The summed E-state index contributed by atoms with van der Waals surface area (Å²) in [6.45, 7) is 6.43. The average molecular weight is 181 g/mol. The molecule has 0 amide bonds. The van der Waals surface area contributed by atoms with Gasteiger partial charge in [0, 0.05) is 12.4 Å². The van der Waals surface area contributed by atoms with Gasteiger partial charge in [0.25, 0.3) is 0 Å². The summed E-state index contributed by atoms with van der Waals surface area (Å²) in [7, 11) is 0. The van der Waals surface area contributed by atoms with Crippen molar-refractivity contribution in [1.29, 1.82) is 0 Å². The van der Waals surface area contributed by atoms with Crippen LogP contribution in [0.1, 0.15) is 32.5 Å². The largest absolute Gasteiger partial charge is 0.348 e. The molecular weight excluding hydrogens is 162 g/mol. The fourth-order valence-electron chi connectivity index (χ4n) is 1.43. The minimum atomic E-state index is 0.764. The van der Waals surface area contributed by atoms with Crippen molar-refractivity contribution in [2.45, 2.75) is 33.2 Å². The van der Waals surface area contributed by atoms with Gasteiger partial charge >= 0.3 is 0 Å². The maximum atomic E-state index is 4.14. The number of nitrogens with one attached hydrogen (secondary N) is 2. The summed E-state index contributed by atoms with van der Waals surface area (Å²) < 4.78 is 0. The average Bonchev–Trinajstić information content (AvgIpc) is 2.57. The van der Waals surface area contributed by atoms with E-state index in [2.05, 4.69) is 29.1 Å². The van der Waals surface area contributed by atoms with Crippen molar-refractivity contribution in [1.82, 2.24) is 15.3 Å². The van der Waals surface area contributed by atoms with Crippen LogP contribution in [0.3, 0.4) is 0 Å². The number of H-pyrrole nitrogens is 1. The number of nitrogens with zero attached hydrogens (tertiary/aromatic N) is 1. The zero-order valence-corrected chi connectivity index (χ0v) is 8.51. The maximum Gasteiger partial charge on any atom is 0.120 e. The van der Waals surface area contributed by atoms with Crippen LogP contribution in [0.25, 0.3) is 0 Å². The van der Waals surface area contributed by atoms with Crippen molar-refractivity contribution >= 4 is 0 Å². The lowest BCUT2D eigenvalue weighted by molar-refractivity contribution is 0.472. The Labute approximate surface area is 80.0 Å². The van der Waals surface area contributed by atoms with Gasteiger partial charge in [-0.05, 0) is 18.9 Å². The fourth-order valence-corrected chi connectivity index (χ4v) is 1.43. The van der Waals surface area contributed by atoms with Gasteiger partial charge in [-0.2, -0.15) is 0 Å². The summed E-state index contributed by atoms with van der Waals surface area (Å²) in [5.74, 6) is 1.78. The molecule has 1 rings (SSSR count). The third-order valence-electron chi connectivity index (χ3n) is 2.12. The molecule has 0 aliphatic heterocycles. The SMILES string of the molecule is CCCC(C)CNCc1ncc[nH]1. The summed E-state index contributed by atoms with van der Waals surface area (Å²) in [5.41, 5.74) is 0. The van der Waals surface area contributed by atoms with E-state index in [4.69, 9.17) is 0 Å². The second-order valence-electron chi connectivity index (χ2n) is 3.56. The molecule has 1 aromatic heterocycles. The number of rotatable bonds is 6. The summed E-state index contributed by atoms with van der Waals surface area (Å²) in [6, 6.07) is 0. The van der Waals surface area contributed by atoms with Gasteiger partial charge in [-0.15, -0.1) is 0 Å². The molecule has 0 saturated heterocycles. The first-order valence-corrected chi connectivity index (χ1v) is 5.02. The molecule has 2 N–H and O–H groups in total. The molecule has 0 saturated carbocycles. The van der Waals surface area contributed by atoms with Crippen LogP contribution < -0.4 is 5.32 Å². The molecule has 0 aromatic carbocycles. The van der Waals surface area contributed by atoms with Crippen molar-refractivity contribution in [2.24, 2.45) is 5.92 Å². The highest BCUT2D eigenvalue weighted by Crippen LogP contribution is 2.02. The Balaban J connectivity index is 2.07. The molecule has 0 radical (unpaired) electrons. The van der Waals surface area contributed by atoms with Crippen LogP contribution in [0, 0.1) is 5.92 Å². The van der Waals surface area contributed by atoms with Gasteiger partial charge in [0.05, 0.1) is 6.54 Å². The summed E-state index contributed by atoms with van der Waals surface area (Å²) in [6.07, 6.45) is 6.20. The predicted octanol–water partition coefficient (Wildman–Crippen LogP) is 1.94. The van der Waals surface area contributed by atoms with E-state index in [0.29, 0.717) is 0 Å². The predicted molar refractivity (Wildman–Crippen MR) is 54.4 cm³/mol. The Bertz CT molecular complexity index is 206. The number of aromatic nitrogens is 2. The van der Waals surface area contributed by atoms with Crippen molar-refractivity contribution in [3.63, 3.8) is 0 Å². The summed E-state index contributed by atoms with van der Waals surface area (Å²) >= 11 is 0. The minimum absolute atomic E-state index is 0.764. The zero-order valence-electron chi connectivity index (χ0n) is 8.51. The van der Waals surface area contributed by atoms with E-state index in [1.165, 1.54) is 12.8 Å². The van der Waals surface area contributed by atoms with Gasteiger partial charge in [0.15, 0.2) is 0 Å². The van der Waals surface area contributed by atoms with Crippen molar-refractivity contribution in [3.05, 3.63) is 18.2 Å². The quantitative estimate of drug-likeness (QED) is 0.704. The third kappa shape index (κ3) is 4.08. The number of hydrogen-bond donors (Lipinski definition) is 2. The van der Waals surface area contributed by atoms with E-state index in [1.54, 1.807) is 6.20 Å². The summed E-state index contributed by atoms with van der Waals surface area (Å²) in [4.78, 5) is 7.21. The van der Waals surface area contributed by atoms with Gasteiger partial charge in [-0.3, -0.25) is 0 Å². The highest BCUT2D eigenvalue weighted by Gasteiger charge is 2.00. The van der Waals surface area contributed by atoms with E-state index < -0.39 is 0 Å². The molecule has 1 atom stereocenters. The first kappa shape index (κ1) is 10.3. The Morgan fingerprint density at radius 1 is 1.62 bits per heavy atom. The molecular formula is C10H19N3. The molecule has 13 heavy (non-hydrogen) atoms. The van der Waals surface area contributed by atoms with E-state index in [-0.39, 0.29) is 0 Å². The van der Waals surface area contributed by atoms with Gasteiger partial charge < -0.3 is 10.3 Å². The zero-order chi connectivity index (χ0) is 9.52. The standard InChI is InChI=1S/C10H19N3/c1-3-4-9(2)7-11-8-10-12-5-6-13-10/h5-6,9,11H,3-4,7-8H2,1-2H3,(H,12,13). The molecule has 1 aromatic rings. The highest BCUT2D eigenvalue weighted by molar-refractivity contribution is 4.85. The van der Waals surface area contributed by atoms with Gasteiger partial charge in [-0.25, -0.2) is 4.98 Å². The number of hydrogen-bond acceptors (Lipinski definition) is 2. The topological polar surface area (TPSA) is 40.7 Å². The van der Waals surface area contributed by atoms with Crippen LogP contribution >= 0.6 is 0 Å². The Kier molecular flexibility index (Phi) is 4.54. The fraction of sp³-hybridized carbons (Fsp3) is 0.700. The molecule has 3 heteroatoms. The molecule has 1 heterocycles. The lowest BCUT2D eigenvalue weighted by Crippen LogP contribution is -2.21. The van der Waals surface area contributed by atoms with E-state index >= 15 is 0 Å². The number of imidazole rings is 1. The van der Waals surface area contributed by atoms with E-state index in [0.717, 1.165) is 24.8 Å². The monoisotopic (exact) mass is 181 g/mol. The van der Waals surface area contributed by atoms with Crippen molar-refractivity contribution < 1.29 is 0 Å². The van der Waals surface area contributed by atoms with Gasteiger partial charge in [0.1, 0.15) is 5.82 Å². The lowest BCUT2D eigenvalue weighted by Gasteiger charge is -2.09. The maximum absolute atomic E-state index is 4.14. The van der Waals surface area contributed by atoms with E-state index in [1.807, 2.05) is 6.20 Å². The Morgan fingerprint density at radius 3 is 3.08 bits per heavy atom. The smallest absolute Gasteiger partial charge is 0.120 e. The Morgan fingerprint density at radius 2 is 2.46 bits per heavy atom. The first-order chi connectivity index (χ1) is 6.33. The van der Waals surface area contributed by atoms with Crippen LogP contribution in [0.4, 0.5) is 0 Å². The molecule has 0 aliphatic carbocycles. The minimum Gasteiger partial charge on any atom is -0.348 e. The van der Waals surface area contributed by atoms with Crippen LogP contribution in [0.5, 0.6) is 0 Å². The summed E-state index contributed by atoms with van der Waals surface area (Å²) in [5, 5.41) is 3.38. The van der Waals surface area contributed by atoms with E-state index in [9.17, 15) is 0 Å². The molecule has 3 nitrogen and oxygen atoms in total. The van der Waals surface area contributed by atoms with Crippen LogP contribution in [0.2, 0.25) is 0 Å². The van der Waals surface area contributed by atoms with Crippen LogP contribution in [-0.2, 0) is 6.54 Å². The molecule has 0 bridgehead atoms. The van der Waals surface area contributed by atoms with Gasteiger partial charge in [0.2, 0.25) is 0 Å². The normalized spacial score (nSPS) is 13.1. The molecule has 0 spiro atoms. The molecule has 74 valence electrons. The highest BCUT2D eigenvalue weighted by atomic mass is 15.0. The molecule has 0 fully saturated rings. The second-order valence-corrected chi connectivity index (χ2v) is 3.56.